The molecule has 0 aliphatic carbocycles. The summed E-state index contributed by atoms with van der Waals surface area (Å²) in [7, 11) is -4.94. The average molecular weight is 702 g/mol. The second-order valence-corrected chi connectivity index (χ2v) is 16.0. The number of rotatable bonds is 8. The number of aryl methyl sites for hydroxylation is 1. The van der Waals surface area contributed by atoms with Gasteiger partial charge in [0.2, 0.25) is 5.95 Å². The third-order valence-corrected chi connectivity index (χ3v) is 13.0. The number of hydrogen-bond acceptors (Lipinski definition) is 10. The molecule has 4 heterocycles. The van der Waals surface area contributed by atoms with Crippen molar-refractivity contribution in [3.63, 3.8) is 0 Å². The Hall–Kier alpha value is -4.49. The van der Waals surface area contributed by atoms with Crippen LogP contribution in [0.4, 0.5) is 17.2 Å². The Bertz CT molecular complexity index is 2430. The van der Waals surface area contributed by atoms with Gasteiger partial charge in [0.15, 0.2) is 15.7 Å². The summed E-state index contributed by atoms with van der Waals surface area (Å²) in [5.74, 6) is 0.597. The number of aromatic nitrogens is 5. The van der Waals surface area contributed by atoms with Crippen LogP contribution in [0.15, 0.2) is 89.2 Å². The molecule has 7 rings (SSSR count). The van der Waals surface area contributed by atoms with Crippen LogP contribution < -0.4 is 15.3 Å². The molecule has 0 amide bonds. The SMILES string of the molecule is Cc1cccc(S(=O)(=O)Nc2cccc(Nc3ncnc4cnc(-n5cc(S(=O)(=O)C6CCOCC6)c6ccccc65)nc34)c2P)c1C. The first kappa shape index (κ1) is 32.1. The van der Waals surface area contributed by atoms with Crippen LogP contribution in [-0.2, 0) is 24.6 Å². The molecule has 6 aromatic rings. The number of nitrogens with zero attached hydrogens (tertiary/aromatic N) is 5. The van der Waals surface area contributed by atoms with Gasteiger partial charge in [-0.25, -0.2) is 36.8 Å². The molecule has 1 aliphatic heterocycles. The molecule has 246 valence electrons. The van der Waals surface area contributed by atoms with E-state index in [4.69, 9.17) is 9.72 Å². The minimum atomic E-state index is -3.87. The summed E-state index contributed by atoms with van der Waals surface area (Å²) in [6.07, 6.45) is 5.40. The van der Waals surface area contributed by atoms with Gasteiger partial charge >= 0.3 is 0 Å². The lowest BCUT2D eigenvalue weighted by Crippen LogP contribution is -2.28. The van der Waals surface area contributed by atoms with Crippen molar-refractivity contribution in [1.29, 1.82) is 0 Å². The summed E-state index contributed by atoms with van der Waals surface area (Å²) in [5.41, 5.74) is 3.98. The first-order chi connectivity index (χ1) is 23.0. The third kappa shape index (κ3) is 5.79. The van der Waals surface area contributed by atoms with Gasteiger partial charge < -0.3 is 10.1 Å². The molecule has 2 N–H and O–H groups in total. The maximum Gasteiger partial charge on any atom is 0.262 e. The molecular formula is C33H32N7O5PS2. The largest absolute Gasteiger partial charge is 0.381 e. The second kappa shape index (κ2) is 12.5. The Morgan fingerprint density at radius 1 is 0.875 bits per heavy atom. The van der Waals surface area contributed by atoms with E-state index in [1.807, 2.05) is 31.2 Å². The van der Waals surface area contributed by atoms with Crippen LogP contribution in [0.2, 0.25) is 0 Å². The van der Waals surface area contributed by atoms with E-state index in [1.54, 1.807) is 60.3 Å². The van der Waals surface area contributed by atoms with Crippen molar-refractivity contribution in [2.45, 2.75) is 41.7 Å². The zero-order chi connectivity index (χ0) is 33.6. The molecule has 1 aliphatic rings. The van der Waals surface area contributed by atoms with Gasteiger partial charge in [-0.1, -0.05) is 36.4 Å². The Balaban J connectivity index is 1.26. The second-order valence-electron chi connectivity index (χ2n) is 11.6. The Labute approximate surface area is 280 Å². The van der Waals surface area contributed by atoms with Crippen molar-refractivity contribution >= 4 is 73.5 Å². The van der Waals surface area contributed by atoms with Gasteiger partial charge in [-0.05, 0) is 62.1 Å². The quantitative estimate of drug-likeness (QED) is 0.208. The van der Waals surface area contributed by atoms with Gasteiger partial charge in [0.05, 0.1) is 32.4 Å². The molecule has 1 unspecified atom stereocenters. The van der Waals surface area contributed by atoms with Crippen molar-refractivity contribution in [2.75, 3.05) is 23.3 Å². The molecule has 3 aromatic heterocycles. The van der Waals surface area contributed by atoms with Gasteiger partial charge in [-0.15, -0.1) is 9.24 Å². The average Bonchev–Trinajstić information content (AvgIpc) is 3.49. The summed E-state index contributed by atoms with van der Waals surface area (Å²) in [6.45, 7) is 4.47. The first-order valence-electron chi connectivity index (χ1n) is 15.2. The van der Waals surface area contributed by atoms with Crippen LogP contribution in [0.3, 0.4) is 0 Å². The molecule has 1 atom stereocenters. The predicted octanol–water partition coefficient (Wildman–Crippen LogP) is 4.98. The van der Waals surface area contributed by atoms with Crippen molar-refractivity contribution in [1.82, 2.24) is 24.5 Å². The molecule has 0 spiro atoms. The first-order valence-corrected chi connectivity index (χ1v) is 18.8. The highest BCUT2D eigenvalue weighted by Crippen LogP contribution is 2.33. The number of ether oxygens (including phenoxy) is 1. The molecule has 15 heteroatoms. The molecule has 0 bridgehead atoms. The molecule has 1 fully saturated rings. The van der Waals surface area contributed by atoms with E-state index in [2.05, 4.69) is 34.2 Å². The van der Waals surface area contributed by atoms with Crippen LogP contribution in [0.1, 0.15) is 24.0 Å². The topological polar surface area (TPSA) is 158 Å². The standard InChI is InChI=1S/C33H32N7O5PS2/c1-20-7-5-12-28(21(20)2)48(43,44)39-25-10-6-9-24(31(25)46)37-32-30-26(35-19-36-32)17-34-33(38-30)40-18-29(23-8-3-4-11-27(23)40)47(41,42)22-13-15-45-16-14-22/h3-12,17-19,22,39H,13-16,46H2,1-2H3,(H,35,36,37). The number of benzene rings is 3. The van der Waals surface area contributed by atoms with Crippen LogP contribution in [-0.4, -0.2) is 59.8 Å². The zero-order valence-electron chi connectivity index (χ0n) is 26.1. The minimum Gasteiger partial charge on any atom is -0.381 e. The van der Waals surface area contributed by atoms with E-state index in [1.165, 1.54) is 6.33 Å². The van der Waals surface area contributed by atoms with Crippen LogP contribution in [0, 0.1) is 13.8 Å². The summed E-state index contributed by atoms with van der Waals surface area (Å²) in [4.78, 5) is 18.5. The van der Waals surface area contributed by atoms with E-state index in [-0.39, 0.29) is 15.7 Å². The lowest BCUT2D eigenvalue weighted by molar-refractivity contribution is 0.0983. The van der Waals surface area contributed by atoms with E-state index in [0.29, 0.717) is 76.1 Å². The predicted molar refractivity (Wildman–Crippen MR) is 189 cm³/mol. The third-order valence-electron chi connectivity index (χ3n) is 8.62. The lowest BCUT2D eigenvalue weighted by Gasteiger charge is -2.21. The number of fused-ring (bicyclic) bond motifs is 2. The number of sulfone groups is 1. The fourth-order valence-electron chi connectivity index (χ4n) is 5.86. The van der Waals surface area contributed by atoms with Crippen LogP contribution in [0.5, 0.6) is 0 Å². The fraction of sp³-hybridized carbons (Fsp3) is 0.212. The van der Waals surface area contributed by atoms with Crippen molar-refractivity contribution in [3.05, 3.63) is 90.5 Å². The molecule has 48 heavy (non-hydrogen) atoms. The normalized spacial score (nSPS) is 14.4. The van der Waals surface area contributed by atoms with Gasteiger partial charge in [0.25, 0.3) is 10.0 Å². The molecule has 3 aromatic carbocycles. The maximum atomic E-state index is 13.8. The van der Waals surface area contributed by atoms with E-state index >= 15 is 0 Å². The summed E-state index contributed by atoms with van der Waals surface area (Å²) >= 11 is 0. The van der Waals surface area contributed by atoms with Crippen molar-refractivity contribution < 1.29 is 21.6 Å². The van der Waals surface area contributed by atoms with E-state index in [9.17, 15) is 16.8 Å². The number of sulfonamides is 1. The minimum absolute atomic E-state index is 0.206. The monoisotopic (exact) mass is 701 g/mol. The molecular weight excluding hydrogens is 670 g/mol. The molecule has 1 saturated heterocycles. The Morgan fingerprint density at radius 2 is 1.62 bits per heavy atom. The number of hydrogen-bond donors (Lipinski definition) is 2. The zero-order valence-corrected chi connectivity index (χ0v) is 28.9. The van der Waals surface area contributed by atoms with Crippen molar-refractivity contribution in [2.24, 2.45) is 0 Å². The van der Waals surface area contributed by atoms with Crippen molar-refractivity contribution in [3.8, 4) is 5.95 Å². The maximum absolute atomic E-state index is 13.8. The van der Waals surface area contributed by atoms with E-state index < -0.39 is 25.1 Å². The molecule has 12 nitrogen and oxygen atoms in total. The van der Waals surface area contributed by atoms with Gasteiger partial charge in [-0.3, -0.25) is 9.29 Å². The lowest BCUT2D eigenvalue weighted by atomic mass is 10.1. The van der Waals surface area contributed by atoms with E-state index in [0.717, 1.165) is 5.56 Å². The fourth-order valence-corrected chi connectivity index (χ4v) is 9.61. The summed E-state index contributed by atoms with van der Waals surface area (Å²) in [6, 6.07) is 17.6. The highest BCUT2D eigenvalue weighted by Gasteiger charge is 2.32. The van der Waals surface area contributed by atoms with Crippen LogP contribution in [0.25, 0.3) is 27.9 Å². The Kier molecular flexibility index (Phi) is 8.36. The number of nitrogens with one attached hydrogen (secondary N) is 2. The highest BCUT2D eigenvalue weighted by atomic mass is 32.2. The Morgan fingerprint density at radius 3 is 2.44 bits per heavy atom. The molecule has 0 radical (unpaired) electrons. The molecule has 0 saturated carbocycles. The van der Waals surface area contributed by atoms with Gasteiger partial charge in [0.1, 0.15) is 17.4 Å². The van der Waals surface area contributed by atoms with Crippen LogP contribution >= 0.6 is 9.24 Å². The summed E-state index contributed by atoms with van der Waals surface area (Å²) in [5, 5.41) is 3.89. The van der Waals surface area contributed by atoms with Gasteiger partial charge in [0, 0.05) is 35.8 Å². The smallest absolute Gasteiger partial charge is 0.262 e. The number of para-hydroxylation sites is 1. The highest BCUT2D eigenvalue weighted by molar-refractivity contribution is 7.93. The van der Waals surface area contributed by atoms with Gasteiger partial charge in [-0.2, -0.15) is 0 Å². The summed E-state index contributed by atoms with van der Waals surface area (Å²) < 4.78 is 64.1. The number of anilines is 3.